The van der Waals surface area contributed by atoms with Crippen LogP contribution < -0.4 is 5.32 Å². The number of amides is 1. The van der Waals surface area contributed by atoms with E-state index in [1.807, 2.05) is 6.07 Å². The molecule has 2 aromatic carbocycles. The molecular weight excluding hydrogens is 372 g/mol. The minimum Gasteiger partial charge on any atom is -0.352 e. The number of aromatic nitrogens is 3. The summed E-state index contributed by atoms with van der Waals surface area (Å²) >= 11 is 0. The van der Waals surface area contributed by atoms with Crippen molar-refractivity contribution in [2.45, 2.75) is 32.2 Å². The predicted octanol–water partition coefficient (Wildman–Crippen LogP) is 4.43. The number of hydrogen-bond donors (Lipinski definition) is 1. The average molecular weight is 399 g/mol. The summed E-state index contributed by atoms with van der Waals surface area (Å²) in [6.45, 7) is 1.55. The van der Waals surface area contributed by atoms with Gasteiger partial charge in [-0.15, -0.1) is 0 Å². The molecule has 152 valence electrons. The van der Waals surface area contributed by atoms with Gasteiger partial charge in [-0.3, -0.25) is 9.78 Å². The van der Waals surface area contributed by atoms with Gasteiger partial charge in [0.15, 0.2) is 0 Å². The zero-order chi connectivity index (χ0) is 20.6. The topological polar surface area (TPSA) is 59.8 Å². The Morgan fingerprint density at radius 3 is 2.57 bits per heavy atom. The van der Waals surface area contributed by atoms with Crippen molar-refractivity contribution in [1.29, 1.82) is 0 Å². The Morgan fingerprint density at radius 2 is 1.73 bits per heavy atom. The quantitative estimate of drug-likeness (QED) is 0.425. The molecule has 0 saturated carbocycles. The van der Waals surface area contributed by atoms with Crippen LogP contribution in [-0.4, -0.2) is 27.0 Å². The Labute approximate surface area is 176 Å². The van der Waals surface area contributed by atoms with Crippen LogP contribution in [0.25, 0.3) is 11.0 Å². The van der Waals surface area contributed by atoms with E-state index in [1.54, 1.807) is 24.5 Å². The standard InChI is InChI=1S/C25H26N4O/c30-25(21-12-6-16-26-19-21)27-17-7-15-24-28-22-13-4-5-14-23(22)29(24)18-8-11-20-9-2-1-3-10-20/h1-6,9-10,12-14,16,19H,7-8,11,15,17-18H2,(H,27,30). The largest absolute Gasteiger partial charge is 0.352 e. The van der Waals surface area contributed by atoms with E-state index in [1.165, 1.54) is 11.1 Å². The number of nitrogens with zero attached hydrogens (tertiary/aromatic N) is 3. The van der Waals surface area contributed by atoms with Crippen LogP contribution in [0.1, 0.15) is 34.6 Å². The molecule has 0 atom stereocenters. The smallest absolute Gasteiger partial charge is 0.252 e. The first-order valence-electron chi connectivity index (χ1n) is 10.5. The molecule has 5 heteroatoms. The fourth-order valence-corrected chi connectivity index (χ4v) is 3.70. The lowest BCUT2D eigenvalue weighted by Gasteiger charge is -2.10. The van der Waals surface area contributed by atoms with Crippen LogP contribution in [0.3, 0.4) is 0 Å². The van der Waals surface area contributed by atoms with Crippen molar-refractivity contribution in [2.75, 3.05) is 6.54 Å². The summed E-state index contributed by atoms with van der Waals surface area (Å²) in [7, 11) is 0. The van der Waals surface area contributed by atoms with Crippen molar-refractivity contribution in [3.63, 3.8) is 0 Å². The van der Waals surface area contributed by atoms with Crippen molar-refractivity contribution >= 4 is 16.9 Å². The third-order valence-electron chi connectivity index (χ3n) is 5.21. The molecule has 4 aromatic rings. The first kappa shape index (κ1) is 19.8. The van der Waals surface area contributed by atoms with Crippen LogP contribution in [-0.2, 0) is 19.4 Å². The van der Waals surface area contributed by atoms with Gasteiger partial charge in [-0.25, -0.2) is 4.98 Å². The first-order valence-corrected chi connectivity index (χ1v) is 10.5. The Balaban J connectivity index is 1.36. The van der Waals surface area contributed by atoms with Crippen molar-refractivity contribution in [1.82, 2.24) is 19.9 Å². The van der Waals surface area contributed by atoms with Gasteiger partial charge in [0.05, 0.1) is 16.6 Å². The van der Waals surface area contributed by atoms with Crippen LogP contribution in [0.15, 0.2) is 79.1 Å². The van der Waals surface area contributed by atoms with E-state index in [9.17, 15) is 4.79 Å². The molecule has 1 N–H and O–H groups in total. The van der Waals surface area contributed by atoms with Crippen molar-refractivity contribution < 1.29 is 4.79 Å². The number of rotatable bonds is 9. The SMILES string of the molecule is O=C(NCCCc1nc2ccccc2n1CCCc1ccccc1)c1cccnc1. The number of nitrogens with one attached hydrogen (secondary N) is 1. The first-order chi connectivity index (χ1) is 14.8. The number of fused-ring (bicyclic) bond motifs is 1. The van der Waals surface area contributed by atoms with E-state index >= 15 is 0 Å². The summed E-state index contributed by atoms with van der Waals surface area (Å²) in [5.41, 5.74) is 4.17. The molecular formula is C25H26N4O. The fraction of sp³-hybridized carbons (Fsp3) is 0.240. The van der Waals surface area contributed by atoms with Gasteiger partial charge < -0.3 is 9.88 Å². The molecule has 2 heterocycles. The van der Waals surface area contributed by atoms with Crippen LogP contribution in [0, 0.1) is 0 Å². The number of imidazole rings is 1. The zero-order valence-corrected chi connectivity index (χ0v) is 17.0. The predicted molar refractivity (Wildman–Crippen MR) is 119 cm³/mol. The number of hydrogen-bond acceptors (Lipinski definition) is 3. The average Bonchev–Trinajstić information content (AvgIpc) is 3.15. The molecule has 2 aromatic heterocycles. The maximum Gasteiger partial charge on any atom is 0.252 e. The number of benzene rings is 2. The zero-order valence-electron chi connectivity index (χ0n) is 17.0. The summed E-state index contributed by atoms with van der Waals surface area (Å²) in [6.07, 6.45) is 7.03. The van der Waals surface area contributed by atoms with E-state index in [0.717, 1.165) is 43.6 Å². The van der Waals surface area contributed by atoms with E-state index < -0.39 is 0 Å². The van der Waals surface area contributed by atoms with Gasteiger partial charge in [-0.05, 0) is 49.1 Å². The monoisotopic (exact) mass is 398 g/mol. The Hall–Kier alpha value is -3.47. The summed E-state index contributed by atoms with van der Waals surface area (Å²) in [5, 5.41) is 2.97. The molecule has 0 aliphatic heterocycles. The van der Waals surface area contributed by atoms with E-state index in [-0.39, 0.29) is 5.91 Å². The van der Waals surface area contributed by atoms with E-state index in [2.05, 4.69) is 63.4 Å². The lowest BCUT2D eigenvalue weighted by atomic mass is 10.1. The number of aryl methyl sites for hydroxylation is 3. The van der Waals surface area contributed by atoms with E-state index in [4.69, 9.17) is 4.98 Å². The molecule has 0 spiro atoms. The van der Waals surface area contributed by atoms with Crippen LogP contribution in [0.5, 0.6) is 0 Å². The maximum atomic E-state index is 12.2. The third kappa shape index (κ3) is 4.92. The normalized spacial score (nSPS) is 10.9. The highest BCUT2D eigenvalue weighted by molar-refractivity contribution is 5.93. The molecule has 5 nitrogen and oxygen atoms in total. The Bertz CT molecular complexity index is 1090. The molecule has 1 amide bonds. The molecule has 0 radical (unpaired) electrons. The number of carbonyl (C=O) groups is 1. The molecule has 0 saturated heterocycles. The number of pyridine rings is 1. The fourth-order valence-electron chi connectivity index (χ4n) is 3.70. The second-order valence-electron chi connectivity index (χ2n) is 7.36. The summed E-state index contributed by atoms with van der Waals surface area (Å²) in [4.78, 5) is 21.0. The highest BCUT2D eigenvalue weighted by Crippen LogP contribution is 2.18. The second-order valence-corrected chi connectivity index (χ2v) is 7.36. The lowest BCUT2D eigenvalue weighted by Crippen LogP contribution is -2.25. The highest BCUT2D eigenvalue weighted by atomic mass is 16.1. The molecule has 0 aliphatic carbocycles. The molecule has 30 heavy (non-hydrogen) atoms. The molecule has 0 fully saturated rings. The Kier molecular flexibility index (Phi) is 6.50. The van der Waals surface area contributed by atoms with Crippen LogP contribution >= 0.6 is 0 Å². The number of carbonyl (C=O) groups excluding carboxylic acids is 1. The summed E-state index contributed by atoms with van der Waals surface area (Å²) in [6, 6.07) is 22.4. The summed E-state index contributed by atoms with van der Waals surface area (Å²) < 4.78 is 2.33. The minimum absolute atomic E-state index is 0.0838. The molecule has 0 aliphatic rings. The van der Waals surface area contributed by atoms with Gasteiger partial charge in [-0.2, -0.15) is 0 Å². The van der Waals surface area contributed by atoms with Gasteiger partial charge in [-0.1, -0.05) is 42.5 Å². The second kappa shape index (κ2) is 9.83. The van der Waals surface area contributed by atoms with Crippen LogP contribution in [0.2, 0.25) is 0 Å². The molecule has 0 bridgehead atoms. The van der Waals surface area contributed by atoms with Gasteiger partial charge in [0.25, 0.3) is 5.91 Å². The van der Waals surface area contributed by atoms with E-state index in [0.29, 0.717) is 12.1 Å². The highest BCUT2D eigenvalue weighted by Gasteiger charge is 2.11. The number of para-hydroxylation sites is 2. The summed E-state index contributed by atoms with van der Waals surface area (Å²) in [5.74, 6) is 0.999. The lowest BCUT2D eigenvalue weighted by molar-refractivity contribution is 0.0953. The van der Waals surface area contributed by atoms with Crippen molar-refractivity contribution in [3.05, 3.63) is 96.1 Å². The molecule has 0 unspecified atom stereocenters. The van der Waals surface area contributed by atoms with Crippen molar-refractivity contribution in [3.8, 4) is 0 Å². The molecule has 4 rings (SSSR count). The minimum atomic E-state index is -0.0838. The van der Waals surface area contributed by atoms with Crippen molar-refractivity contribution in [2.24, 2.45) is 0 Å². The Morgan fingerprint density at radius 1 is 0.900 bits per heavy atom. The van der Waals surface area contributed by atoms with Gasteiger partial charge in [0.2, 0.25) is 0 Å². The van der Waals surface area contributed by atoms with Crippen LogP contribution in [0.4, 0.5) is 0 Å². The maximum absolute atomic E-state index is 12.2. The third-order valence-corrected chi connectivity index (χ3v) is 5.21. The van der Waals surface area contributed by atoms with Gasteiger partial charge >= 0.3 is 0 Å². The van der Waals surface area contributed by atoms with Gasteiger partial charge in [0.1, 0.15) is 5.82 Å². The van der Waals surface area contributed by atoms with Gasteiger partial charge in [0, 0.05) is 31.9 Å².